The topological polar surface area (TPSA) is 142 Å². The average Bonchev–Trinajstić information content (AvgIpc) is 2.92. The number of rotatable bonds is 6. The molecule has 0 radical (unpaired) electrons. The minimum Gasteiger partial charge on any atom is -0.462 e. The summed E-state index contributed by atoms with van der Waals surface area (Å²) in [5.74, 6) is 0.753. The minimum atomic E-state index is -1.49. The van der Waals surface area contributed by atoms with Crippen LogP contribution in [0.3, 0.4) is 0 Å². The zero-order chi connectivity index (χ0) is 15.4. The van der Waals surface area contributed by atoms with Gasteiger partial charge in [-0.25, -0.2) is 0 Å². The van der Waals surface area contributed by atoms with Crippen molar-refractivity contribution in [2.24, 2.45) is 5.18 Å². The number of aliphatic hydroxyl groups is 4. The smallest absolute Gasteiger partial charge is 0.187 e. The fourth-order valence-electron chi connectivity index (χ4n) is 2.02. The Morgan fingerprint density at radius 1 is 1.14 bits per heavy atom. The van der Waals surface area contributed by atoms with Gasteiger partial charge >= 0.3 is 0 Å². The highest BCUT2D eigenvalue weighted by molar-refractivity contribution is 5.06. The molecule has 9 heteroatoms. The number of hydrogen-bond acceptors (Lipinski definition) is 9. The number of hydrogen-bond donors (Lipinski definition) is 4. The van der Waals surface area contributed by atoms with E-state index in [2.05, 4.69) is 5.18 Å². The summed E-state index contributed by atoms with van der Waals surface area (Å²) < 4.78 is 15.7. The molecule has 9 nitrogen and oxygen atoms in total. The maximum absolute atomic E-state index is 10.1. The van der Waals surface area contributed by atoms with Crippen LogP contribution in [-0.4, -0.2) is 57.7 Å². The van der Waals surface area contributed by atoms with Crippen molar-refractivity contribution >= 4 is 0 Å². The highest BCUT2D eigenvalue weighted by Gasteiger charge is 2.44. The third-order valence-electron chi connectivity index (χ3n) is 3.18. The van der Waals surface area contributed by atoms with Gasteiger partial charge in [0.15, 0.2) is 6.29 Å². The van der Waals surface area contributed by atoms with Crippen LogP contribution < -0.4 is 0 Å². The molecule has 0 saturated carbocycles. The van der Waals surface area contributed by atoms with Gasteiger partial charge in [-0.05, 0) is 12.1 Å². The van der Waals surface area contributed by atoms with E-state index < -0.39 is 37.3 Å². The lowest BCUT2D eigenvalue weighted by molar-refractivity contribution is -0.304. The zero-order valence-corrected chi connectivity index (χ0v) is 11.0. The molecule has 1 aromatic heterocycles. The maximum Gasteiger partial charge on any atom is 0.187 e. The molecule has 2 heterocycles. The van der Waals surface area contributed by atoms with Gasteiger partial charge in [-0.2, -0.15) is 4.91 Å². The van der Waals surface area contributed by atoms with Gasteiger partial charge < -0.3 is 34.3 Å². The number of nitroso groups, excluding NO2 is 1. The summed E-state index contributed by atoms with van der Waals surface area (Å²) in [7, 11) is 0. The molecule has 0 unspecified atom stereocenters. The molecule has 118 valence electrons. The van der Waals surface area contributed by atoms with Crippen molar-refractivity contribution in [2.75, 3.05) is 6.61 Å². The first-order valence-electron chi connectivity index (χ1n) is 6.35. The fourth-order valence-corrected chi connectivity index (χ4v) is 2.02. The number of furan rings is 1. The van der Waals surface area contributed by atoms with E-state index in [-0.39, 0.29) is 13.2 Å². The zero-order valence-electron chi connectivity index (χ0n) is 11.0. The molecule has 0 bridgehead atoms. The van der Waals surface area contributed by atoms with Crippen LogP contribution in [-0.2, 0) is 22.6 Å². The van der Waals surface area contributed by atoms with E-state index in [4.69, 9.17) is 19.0 Å². The van der Waals surface area contributed by atoms with Crippen molar-refractivity contribution in [1.29, 1.82) is 0 Å². The van der Waals surface area contributed by atoms with Gasteiger partial charge in [-0.15, -0.1) is 0 Å². The lowest BCUT2D eigenvalue weighted by atomic mass is 9.99. The first-order valence-corrected chi connectivity index (χ1v) is 6.35. The van der Waals surface area contributed by atoms with Gasteiger partial charge in [0.2, 0.25) is 0 Å². The molecule has 1 saturated heterocycles. The molecular formula is C12H17NO8. The molecule has 0 amide bonds. The van der Waals surface area contributed by atoms with Crippen molar-refractivity contribution < 1.29 is 34.3 Å². The summed E-state index contributed by atoms with van der Waals surface area (Å²) in [6, 6.07) is 3.14. The molecule has 1 aliphatic rings. The molecule has 2 rings (SSSR count). The van der Waals surface area contributed by atoms with Crippen LogP contribution in [0.25, 0.3) is 0 Å². The second-order valence-corrected chi connectivity index (χ2v) is 4.66. The van der Waals surface area contributed by atoms with Gasteiger partial charge in [0.25, 0.3) is 0 Å². The normalized spacial score (nSPS) is 33.0. The van der Waals surface area contributed by atoms with Crippen LogP contribution in [0.5, 0.6) is 0 Å². The Balaban J connectivity index is 1.93. The van der Waals surface area contributed by atoms with Crippen molar-refractivity contribution in [3.05, 3.63) is 28.6 Å². The molecule has 0 aromatic carbocycles. The Labute approximate surface area is 119 Å². The highest BCUT2D eigenvalue weighted by atomic mass is 16.7. The molecule has 21 heavy (non-hydrogen) atoms. The number of nitrogens with zero attached hydrogens (tertiary/aromatic N) is 1. The Bertz CT molecular complexity index is 462. The summed E-state index contributed by atoms with van der Waals surface area (Å²) in [6.07, 6.45) is -6.64. The van der Waals surface area contributed by atoms with Crippen LogP contribution >= 0.6 is 0 Å². The Morgan fingerprint density at radius 2 is 1.86 bits per heavy atom. The molecule has 0 aliphatic carbocycles. The third-order valence-corrected chi connectivity index (χ3v) is 3.18. The molecule has 5 atom stereocenters. The van der Waals surface area contributed by atoms with Crippen LogP contribution in [0.4, 0.5) is 0 Å². The summed E-state index contributed by atoms with van der Waals surface area (Å²) in [5.41, 5.74) is 0. The number of ether oxygens (including phenoxy) is 2. The lowest BCUT2D eigenvalue weighted by Crippen LogP contribution is -2.59. The maximum atomic E-state index is 10.1. The van der Waals surface area contributed by atoms with E-state index in [9.17, 15) is 20.2 Å². The summed E-state index contributed by atoms with van der Waals surface area (Å²) >= 11 is 0. The first kappa shape index (κ1) is 16.0. The van der Waals surface area contributed by atoms with E-state index in [0.717, 1.165) is 0 Å². The van der Waals surface area contributed by atoms with E-state index in [1.54, 1.807) is 12.1 Å². The quantitative estimate of drug-likeness (QED) is 0.483. The van der Waals surface area contributed by atoms with E-state index in [1.807, 2.05) is 0 Å². The Kier molecular flexibility index (Phi) is 5.39. The number of aliphatic hydroxyl groups excluding tert-OH is 4. The summed E-state index contributed by atoms with van der Waals surface area (Å²) in [6.45, 7) is -0.706. The lowest BCUT2D eigenvalue weighted by Gasteiger charge is -2.39. The second-order valence-electron chi connectivity index (χ2n) is 4.66. The van der Waals surface area contributed by atoms with E-state index >= 15 is 0 Å². The van der Waals surface area contributed by atoms with E-state index in [0.29, 0.717) is 11.5 Å². The molecule has 1 aliphatic heterocycles. The average molecular weight is 303 g/mol. The predicted molar refractivity (Wildman–Crippen MR) is 66.8 cm³/mol. The summed E-state index contributed by atoms with van der Waals surface area (Å²) in [5, 5.41) is 40.7. The standard InChI is InChI=1S/C12H17NO8/c14-4-8-9(15)10(16)11(17)12(21-8)19-5-7-2-1-6(20-7)3-13-18/h1-2,8-12,14-17H,3-5H2/t8-,9-,10+,11-,12+/m1/s1. The molecule has 1 aromatic rings. The van der Waals surface area contributed by atoms with Gasteiger partial charge in [0, 0.05) is 0 Å². The monoisotopic (exact) mass is 303 g/mol. The van der Waals surface area contributed by atoms with Crippen molar-refractivity contribution in [1.82, 2.24) is 0 Å². The molecular weight excluding hydrogens is 286 g/mol. The highest BCUT2D eigenvalue weighted by Crippen LogP contribution is 2.23. The third kappa shape index (κ3) is 3.64. The van der Waals surface area contributed by atoms with Crippen LogP contribution in [0.15, 0.2) is 21.7 Å². The van der Waals surface area contributed by atoms with E-state index in [1.165, 1.54) is 0 Å². The fraction of sp³-hybridized carbons (Fsp3) is 0.667. The molecule has 4 N–H and O–H groups in total. The van der Waals surface area contributed by atoms with Gasteiger partial charge in [-0.1, -0.05) is 5.18 Å². The Hall–Kier alpha value is -1.36. The largest absolute Gasteiger partial charge is 0.462 e. The SMILES string of the molecule is O=NCc1ccc(CO[C@H]2O[C@H](CO)[C@@H](O)[C@H](O)[C@H]2O)o1. The summed E-state index contributed by atoms with van der Waals surface area (Å²) in [4.78, 5) is 10.1. The Morgan fingerprint density at radius 3 is 2.52 bits per heavy atom. The van der Waals surface area contributed by atoms with Crippen LogP contribution in [0, 0.1) is 4.91 Å². The van der Waals surface area contributed by atoms with Gasteiger partial charge in [0.1, 0.15) is 49.1 Å². The predicted octanol–water partition coefficient (Wildman–Crippen LogP) is -1.14. The second kappa shape index (κ2) is 7.07. The van der Waals surface area contributed by atoms with Crippen molar-refractivity contribution in [2.45, 2.75) is 43.9 Å². The van der Waals surface area contributed by atoms with Crippen molar-refractivity contribution in [3.63, 3.8) is 0 Å². The molecule has 1 fully saturated rings. The van der Waals surface area contributed by atoms with Crippen molar-refractivity contribution in [3.8, 4) is 0 Å². The van der Waals surface area contributed by atoms with Gasteiger partial charge in [-0.3, -0.25) is 0 Å². The van der Waals surface area contributed by atoms with Crippen LogP contribution in [0.1, 0.15) is 11.5 Å². The minimum absolute atomic E-state index is 0.0818. The first-order chi connectivity index (χ1) is 10.1. The molecule has 0 spiro atoms. The van der Waals surface area contributed by atoms with Gasteiger partial charge in [0.05, 0.1) is 6.61 Å². The van der Waals surface area contributed by atoms with Crippen LogP contribution in [0.2, 0.25) is 0 Å².